The van der Waals surface area contributed by atoms with Crippen molar-refractivity contribution in [3.05, 3.63) is 131 Å². The molecule has 0 saturated heterocycles. The van der Waals surface area contributed by atoms with Gasteiger partial charge in [-0.25, -0.2) is 0 Å². The molecule has 4 rings (SSSR count). The molecular weight excluding hydrogens is 651 g/mol. The minimum absolute atomic E-state index is 0.0381. The molecule has 0 amide bonds. The van der Waals surface area contributed by atoms with Crippen molar-refractivity contribution in [3.8, 4) is 11.5 Å². The van der Waals surface area contributed by atoms with E-state index in [2.05, 4.69) is 133 Å². The summed E-state index contributed by atoms with van der Waals surface area (Å²) in [5, 5.41) is 10.5. The van der Waals surface area contributed by atoms with E-state index in [0.717, 1.165) is 0 Å². The van der Waals surface area contributed by atoms with Crippen LogP contribution in [0.15, 0.2) is 109 Å². The summed E-state index contributed by atoms with van der Waals surface area (Å²) in [6.45, 7) is 14.8. The van der Waals surface area contributed by atoms with Gasteiger partial charge < -0.3 is 19.4 Å². The fraction of sp³-hybridized carbons (Fsp3) is 0.359. The molecule has 0 saturated carbocycles. The molecule has 0 aliphatic carbocycles. The monoisotopic (exact) mass is 700 g/mol. The van der Waals surface area contributed by atoms with Gasteiger partial charge in [-0.2, -0.15) is 0 Å². The fourth-order valence-corrected chi connectivity index (χ4v) is 19.5. The van der Waals surface area contributed by atoms with Crippen LogP contribution in [0.4, 0.5) is 0 Å². The maximum absolute atomic E-state index is 10.5. The Kier molecular flexibility index (Phi) is 12.5. The first kappa shape index (κ1) is 35.2. The van der Waals surface area contributed by atoms with E-state index < -0.39 is 25.7 Å². The number of carbonyl (C=O) groups is 1. The summed E-state index contributed by atoms with van der Waals surface area (Å²) in [6.07, 6.45) is 0. The molecule has 0 fully saturated rings. The second-order valence-corrected chi connectivity index (χ2v) is 20.7. The van der Waals surface area contributed by atoms with Crippen LogP contribution < -0.4 is 14.6 Å². The van der Waals surface area contributed by atoms with Gasteiger partial charge in [0.15, 0.2) is 0 Å². The Hall–Kier alpha value is -3.25. The number of methoxy groups -OCH3 is 2. The van der Waals surface area contributed by atoms with E-state index in [-0.39, 0.29) is 21.8 Å². The van der Waals surface area contributed by atoms with Crippen LogP contribution in [0.2, 0.25) is 13.3 Å². The van der Waals surface area contributed by atoms with Crippen molar-refractivity contribution < 1.29 is 19.4 Å². The van der Waals surface area contributed by atoms with Gasteiger partial charge >= 0.3 is 199 Å². The van der Waals surface area contributed by atoms with Crippen LogP contribution in [-0.2, 0) is 16.2 Å². The van der Waals surface area contributed by atoms with E-state index in [0.29, 0.717) is 11.5 Å². The Morgan fingerprint density at radius 1 is 0.568 bits per heavy atom. The van der Waals surface area contributed by atoms with Gasteiger partial charge in [0.2, 0.25) is 0 Å². The predicted octanol–water partition coefficient (Wildman–Crippen LogP) is 8.48. The summed E-state index contributed by atoms with van der Waals surface area (Å²) >= 11 is -1.84. The van der Waals surface area contributed by atoms with Crippen molar-refractivity contribution in [3.63, 3.8) is 0 Å². The van der Waals surface area contributed by atoms with Crippen molar-refractivity contribution in [2.24, 2.45) is 0 Å². The van der Waals surface area contributed by atoms with E-state index in [1.165, 1.54) is 56.4 Å². The summed E-state index contributed by atoms with van der Waals surface area (Å²) in [6, 6.07) is 37.9. The number of aromatic carboxylic acids is 1. The Labute approximate surface area is 272 Å². The van der Waals surface area contributed by atoms with E-state index in [9.17, 15) is 9.90 Å². The van der Waals surface area contributed by atoms with E-state index >= 15 is 0 Å². The molecule has 0 spiro atoms. The summed E-state index contributed by atoms with van der Waals surface area (Å²) < 4.78 is 13.9. The zero-order valence-electron chi connectivity index (χ0n) is 27.6. The first-order valence-electron chi connectivity index (χ1n) is 15.2. The second kappa shape index (κ2) is 15.7. The summed E-state index contributed by atoms with van der Waals surface area (Å²) in [5.41, 5.74) is 5.20. The molecule has 4 nitrogen and oxygen atoms in total. The van der Waals surface area contributed by atoms with Crippen molar-refractivity contribution in [1.82, 2.24) is 0 Å². The number of benzene rings is 4. The number of carbonyl (C=O) groups excluding carboxylic acids is 1. The fourth-order valence-electron chi connectivity index (χ4n) is 5.96. The third-order valence-electron chi connectivity index (χ3n) is 8.33. The minimum Gasteiger partial charge on any atom is -0.545 e. The van der Waals surface area contributed by atoms with Crippen LogP contribution >= 0.6 is 0 Å². The van der Waals surface area contributed by atoms with Crippen molar-refractivity contribution >= 4 is 25.7 Å². The van der Waals surface area contributed by atoms with Crippen LogP contribution in [0.1, 0.15) is 68.6 Å². The van der Waals surface area contributed by atoms with Crippen LogP contribution in [0.3, 0.4) is 0 Å². The summed E-state index contributed by atoms with van der Waals surface area (Å²) in [4.78, 5) is 10.5. The van der Waals surface area contributed by atoms with Crippen molar-refractivity contribution in [2.45, 2.75) is 71.1 Å². The largest absolute Gasteiger partial charge is 0.545 e. The normalized spacial score (nSPS) is 11.6. The SMILES string of the molecule is CC(C)([CH2][Sn+]([CH2]C(C)(C)c1ccccc1)[CH2]C(C)(C)c1ccccc1)c1ccccc1.COc1cc(OC)cc(C(=O)[O-])c1. The molecule has 232 valence electrons. The zero-order chi connectivity index (χ0) is 32.4. The molecule has 0 radical (unpaired) electrons. The van der Waals surface area contributed by atoms with Gasteiger partial charge in [0.1, 0.15) is 11.5 Å². The standard InChI is InChI=1S/3C10H13.C9H10O4.Sn/c3*1-10(2,3)9-7-5-4-6-8-9;1-12-7-3-6(9(10)11)4-8(5-7)13-2;/h3*4-8H,1H2,2-3H3;3-5H,1-2H3,(H,10,11);/q;;;;+1/p-1. The predicted molar refractivity (Wildman–Crippen MR) is 182 cm³/mol. The molecule has 0 atom stereocenters. The molecule has 0 heterocycles. The Morgan fingerprint density at radius 3 is 1.11 bits per heavy atom. The van der Waals surface area contributed by atoms with Crippen LogP contribution in [0, 0.1) is 0 Å². The molecule has 44 heavy (non-hydrogen) atoms. The summed E-state index contributed by atoms with van der Waals surface area (Å²) in [7, 11) is 2.90. The van der Waals surface area contributed by atoms with Gasteiger partial charge in [-0.3, -0.25) is 0 Å². The summed E-state index contributed by atoms with van der Waals surface area (Å²) in [5.74, 6) is -0.394. The van der Waals surface area contributed by atoms with Gasteiger partial charge in [0, 0.05) is 11.6 Å². The Morgan fingerprint density at radius 2 is 0.864 bits per heavy atom. The van der Waals surface area contributed by atoms with E-state index in [1.54, 1.807) is 6.07 Å². The van der Waals surface area contributed by atoms with Gasteiger partial charge in [-0.05, 0) is 12.1 Å². The molecule has 0 unspecified atom stereocenters. The topological polar surface area (TPSA) is 58.6 Å². The first-order valence-corrected chi connectivity index (χ1v) is 21.3. The zero-order valence-corrected chi connectivity index (χ0v) is 30.5. The molecule has 0 aromatic heterocycles. The number of carboxylic acids is 1. The maximum Gasteiger partial charge on any atom is 0.123 e. The number of hydrogen-bond acceptors (Lipinski definition) is 4. The average molecular weight is 700 g/mol. The molecule has 4 aromatic rings. The first-order chi connectivity index (χ1) is 20.8. The quantitative estimate of drug-likeness (QED) is 0.139. The van der Waals surface area contributed by atoms with Crippen molar-refractivity contribution in [1.29, 1.82) is 0 Å². The van der Waals surface area contributed by atoms with Crippen LogP contribution in [-0.4, -0.2) is 39.9 Å². The smallest absolute Gasteiger partial charge is 0.123 e. The molecule has 0 aliphatic heterocycles. The third kappa shape index (κ3) is 10.2. The van der Waals surface area contributed by atoms with E-state index in [1.807, 2.05) is 0 Å². The van der Waals surface area contributed by atoms with Gasteiger partial charge in [-0.15, -0.1) is 0 Å². The van der Waals surface area contributed by atoms with Gasteiger partial charge in [0.05, 0.1) is 20.2 Å². The number of carboxylic acid groups (broad SMARTS) is 1. The Balaban J connectivity index is 0.000000340. The third-order valence-corrected chi connectivity index (χ3v) is 20.2. The van der Waals surface area contributed by atoms with Crippen LogP contribution in [0.25, 0.3) is 0 Å². The number of rotatable bonds is 12. The molecule has 5 heteroatoms. The number of ether oxygens (including phenoxy) is 2. The molecule has 4 aromatic carbocycles. The van der Waals surface area contributed by atoms with Crippen LogP contribution in [0.5, 0.6) is 11.5 Å². The Bertz CT molecular complexity index is 1300. The molecule has 0 N–H and O–H groups in total. The molecule has 0 aliphatic rings. The van der Waals surface area contributed by atoms with Gasteiger partial charge in [-0.1, -0.05) is 0 Å². The average Bonchev–Trinajstić information content (AvgIpc) is 3.01. The van der Waals surface area contributed by atoms with Crippen molar-refractivity contribution in [2.75, 3.05) is 14.2 Å². The molecular formula is C39H48O4Sn. The molecule has 0 bridgehead atoms. The second-order valence-electron chi connectivity index (χ2n) is 13.4. The number of hydrogen-bond donors (Lipinski definition) is 0. The van der Waals surface area contributed by atoms with Gasteiger partial charge in [0.25, 0.3) is 0 Å². The van der Waals surface area contributed by atoms with E-state index in [4.69, 9.17) is 9.47 Å². The minimum atomic E-state index is -1.84. The maximum atomic E-state index is 10.5.